The Balaban J connectivity index is 1.86. The van der Waals surface area contributed by atoms with Crippen LogP contribution in [-0.2, 0) is 16.6 Å². The number of carbonyl (C=O) groups is 1. The smallest absolute Gasteiger partial charge is 0.335 e. The van der Waals surface area contributed by atoms with Gasteiger partial charge in [0.05, 0.1) is 30.7 Å². The Morgan fingerprint density at radius 1 is 1.03 bits per heavy atom. The van der Waals surface area contributed by atoms with Crippen molar-refractivity contribution < 1.29 is 27.8 Å². The van der Waals surface area contributed by atoms with Crippen molar-refractivity contribution in [2.75, 3.05) is 20.8 Å². The Morgan fingerprint density at radius 2 is 1.77 bits per heavy atom. The summed E-state index contributed by atoms with van der Waals surface area (Å²) in [7, 11) is -0.849. The van der Waals surface area contributed by atoms with Crippen LogP contribution in [0.4, 0.5) is 0 Å². The summed E-state index contributed by atoms with van der Waals surface area (Å²) in [5.74, 6) is 0.0169. The highest BCUT2D eigenvalue weighted by Crippen LogP contribution is 2.41. The van der Waals surface area contributed by atoms with Gasteiger partial charge >= 0.3 is 5.97 Å². The van der Waals surface area contributed by atoms with E-state index in [9.17, 15) is 13.2 Å². The molecule has 0 saturated heterocycles. The molecule has 9 heteroatoms. The van der Waals surface area contributed by atoms with Crippen LogP contribution >= 0.6 is 0 Å². The zero-order valence-electron chi connectivity index (χ0n) is 17.1. The standard InChI is InChI=1S/C22H22N2O6S/c1-29-16-7-10-20(30-2)18(14-16)21-19-4-3-11-23(19)12-13-24(21)31(27,28)17-8-5-15(6-9-17)22(25)26/h3-11,14,21H,12-13H2,1-2H3,(H,25,26). The largest absolute Gasteiger partial charge is 0.497 e. The fourth-order valence-electron chi connectivity index (χ4n) is 3.89. The lowest BCUT2D eigenvalue weighted by molar-refractivity contribution is 0.0696. The maximum atomic E-state index is 13.6. The number of sulfonamides is 1. The number of carboxylic acids is 1. The molecular formula is C22H22N2O6S. The van der Waals surface area contributed by atoms with E-state index in [-0.39, 0.29) is 17.0 Å². The van der Waals surface area contributed by atoms with E-state index in [2.05, 4.69) is 0 Å². The fourth-order valence-corrected chi connectivity index (χ4v) is 5.47. The van der Waals surface area contributed by atoms with E-state index < -0.39 is 22.0 Å². The van der Waals surface area contributed by atoms with Gasteiger partial charge in [-0.15, -0.1) is 0 Å². The number of fused-ring (bicyclic) bond motifs is 1. The fraction of sp³-hybridized carbons (Fsp3) is 0.227. The van der Waals surface area contributed by atoms with E-state index in [4.69, 9.17) is 14.6 Å². The summed E-state index contributed by atoms with van der Waals surface area (Å²) >= 11 is 0. The van der Waals surface area contributed by atoms with E-state index in [1.165, 1.54) is 35.7 Å². The van der Waals surface area contributed by atoms with Crippen molar-refractivity contribution in [3.05, 3.63) is 77.6 Å². The van der Waals surface area contributed by atoms with Gasteiger partial charge < -0.3 is 19.1 Å². The van der Waals surface area contributed by atoms with Crippen LogP contribution < -0.4 is 9.47 Å². The number of aromatic nitrogens is 1. The Labute approximate surface area is 180 Å². The molecule has 2 aromatic carbocycles. The molecule has 162 valence electrons. The van der Waals surface area contributed by atoms with Crippen LogP contribution in [0.15, 0.2) is 65.7 Å². The lowest BCUT2D eigenvalue weighted by atomic mass is 10.0. The molecular weight excluding hydrogens is 420 g/mol. The topological polar surface area (TPSA) is 98.1 Å². The van der Waals surface area contributed by atoms with Gasteiger partial charge in [-0.3, -0.25) is 0 Å². The normalized spacial score (nSPS) is 16.5. The molecule has 0 radical (unpaired) electrons. The van der Waals surface area contributed by atoms with Gasteiger partial charge in [-0.05, 0) is 54.6 Å². The third-order valence-corrected chi connectivity index (χ3v) is 7.31. The monoisotopic (exact) mass is 442 g/mol. The highest BCUT2D eigenvalue weighted by atomic mass is 32.2. The van der Waals surface area contributed by atoms with Crippen LogP contribution in [0, 0.1) is 0 Å². The van der Waals surface area contributed by atoms with Crippen LogP contribution in [0.1, 0.15) is 27.7 Å². The number of aromatic carboxylic acids is 1. The van der Waals surface area contributed by atoms with Crippen LogP contribution in [0.3, 0.4) is 0 Å². The van der Waals surface area contributed by atoms with E-state index in [1.54, 1.807) is 25.3 Å². The van der Waals surface area contributed by atoms with Crippen molar-refractivity contribution in [3.8, 4) is 11.5 Å². The molecule has 0 bridgehead atoms. The maximum absolute atomic E-state index is 13.6. The molecule has 0 fully saturated rings. The van der Waals surface area contributed by atoms with Crippen molar-refractivity contribution in [1.29, 1.82) is 0 Å². The first-order valence-electron chi connectivity index (χ1n) is 9.59. The number of rotatable bonds is 6. The minimum atomic E-state index is -3.94. The predicted octanol–water partition coefficient (Wildman–Crippen LogP) is 3.00. The van der Waals surface area contributed by atoms with Crippen LogP contribution in [0.5, 0.6) is 11.5 Å². The van der Waals surface area contributed by atoms with Crippen LogP contribution in [-0.4, -0.2) is 49.1 Å². The van der Waals surface area contributed by atoms with Crippen molar-refractivity contribution in [3.63, 3.8) is 0 Å². The third-order valence-electron chi connectivity index (χ3n) is 5.43. The summed E-state index contributed by atoms with van der Waals surface area (Å²) in [6.07, 6.45) is 1.92. The maximum Gasteiger partial charge on any atom is 0.335 e. The quantitative estimate of drug-likeness (QED) is 0.630. The molecule has 2 heterocycles. The molecule has 0 spiro atoms. The zero-order chi connectivity index (χ0) is 22.2. The van der Waals surface area contributed by atoms with Gasteiger partial charge in [-0.1, -0.05) is 0 Å². The van der Waals surface area contributed by atoms with Gasteiger partial charge in [0.1, 0.15) is 11.5 Å². The zero-order valence-corrected chi connectivity index (χ0v) is 17.9. The van der Waals surface area contributed by atoms with Gasteiger partial charge in [0.15, 0.2) is 0 Å². The highest BCUT2D eigenvalue weighted by molar-refractivity contribution is 7.89. The van der Waals surface area contributed by atoms with Gasteiger partial charge in [0, 0.05) is 30.5 Å². The first-order valence-corrected chi connectivity index (χ1v) is 11.0. The molecule has 0 saturated carbocycles. The summed E-state index contributed by atoms with van der Waals surface area (Å²) in [5.41, 5.74) is 1.49. The molecule has 1 aliphatic heterocycles. The minimum absolute atomic E-state index is 0.0254. The van der Waals surface area contributed by atoms with Gasteiger partial charge in [0.25, 0.3) is 0 Å². The molecule has 8 nitrogen and oxygen atoms in total. The van der Waals surface area contributed by atoms with E-state index in [0.717, 1.165) is 5.69 Å². The number of nitrogens with zero attached hydrogens (tertiary/aromatic N) is 2. The molecule has 3 aromatic rings. The first kappa shape index (κ1) is 21.0. The molecule has 1 N–H and O–H groups in total. The molecule has 4 rings (SSSR count). The number of hydrogen-bond donors (Lipinski definition) is 1. The summed E-state index contributed by atoms with van der Waals surface area (Å²) in [4.78, 5) is 11.2. The number of ether oxygens (including phenoxy) is 2. The summed E-state index contributed by atoms with van der Waals surface area (Å²) in [6, 6.07) is 13.7. The van der Waals surface area contributed by atoms with Crippen molar-refractivity contribution in [2.24, 2.45) is 0 Å². The minimum Gasteiger partial charge on any atom is -0.497 e. The van der Waals surface area contributed by atoms with Crippen molar-refractivity contribution in [2.45, 2.75) is 17.5 Å². The Morgan fingerprint density at radius 3 is 2.42 bits per heavy atom. The first-order chi connectivity index (χ1) is 14.9. The molecule has 1 unspecified atom stereocenters. The summed E-state index contributed by atoms with van der Waals surface area (Å²) < 4.78 is 41.6. The molecule has 1 aromatic heterocycles. The second-order valence-corrected chi connectivity index (χ2v) is 8.97. The van der Waals surface area contributed by atoms with Crippen molar-refractivity contribution >= 4 is 16.0 Å². The Kier molecular flexibility index (Phi) is 5.47. The molecule has 1 atom stereocenters. The van der Waals surface area contributed by atoms with E-state index >= 15 is 0 Å². The average Bonchev–Trinajstić information content (AvgIpc) is 3.27. The van der Waals surface area contributed by atoms with Gasteiger partial charge in [-0.25, -0.2) is 13.2 Å². The second-order valence-electron chi connectivity index (χ2n) is 7.08. The lowest BCUT2D eigenvalue weighted by Gasteiger charge is -2.37. The second kappa shape index (κ2) is 8.09. The lowest BCUT2D eigenvalue weighted by Crippen LogP contribution is -2.42. The van der Waals surface area contributed by atoms with E-state index in [1.807, 2.05) is 22.9 Å². The van der Waals surface area contributed by atoms with Crippen LogP contribution in [0.2, 0.25) is 0 Å². The SMILES string of the molecule is COc1ccc(OC)c(C2c3cccn3CCN2S(=O)(=O)c2ccc(C(=O)O)cc2)c1. The van der Waals surface area contributed by atoms with Crippen LogP contribution in [0.25, 0.3) is 0 Å². The number of carboxylic acid groups (broad SMARTS) is 1. The number of methoxy groups -OCH3 is 2. The number of benzene rings is 2. The number of hydrogen-bond acceptors (Lipinski definition) is 5. The van der Waals surface area contributed by atoms with Crippen molar-refractivity contribution in [1.82, 2.24) is 8.87 Å². The predicted molar refractivity (Wildman–Crippen MR) is 113 cm³/mol. The third kappa shape index (κ3) is 3.66. The van der Waals surface area contributed by atoms with Gasteiger partial charge in [0.2, 0.25) is 10.0 Å². The Hall–Kier alpha value is -3.30. The molecule has 1 aliphatic rings. The summed E-state index contributed by atoms with van der Waals surface area (Å²) in [5, 5.41) is 9.12. The molecule has 0 aliphatic carbocycles. The Bertz CT molecular complexity index is 1220. The van der Waals surface area contributed by atoms with E-state index in [0.29, 0.717) is 23.6 Å². The average molecular weight is 442 g/mol. The molecule has 31 heavy (non-hydrogen) atoms. The van der Waals surface area contributed by atoms with Gasteiger partial charge in [-0.2, -0.15) is 4.31 Å². The summed E-state index contributed by atoms with van der Waals surface area (Å²) in [6.45, 7) is 0.743. The highest BCUT2D eigenvalue weighted by Gasteiger charge is 2.39. The molecule has 0 amide bonds.